The van der Waals surface area contributed by atoms with Crippen LogP contribution < -0.4 is 5.73 Å². The first-order valence-electron chi connectivity index (χ1n) is 3.69. The van der Waals surface area contributed by atoms with E-state index < -0.39 is 0 Å². The third-order valence-corrected chi connectivity index (χ3v) is 1.14. The molecule has 0 saturated carbocycles. The van der Waals surface area contributed by atoms with Gasteiger partial charge in [0.1, 0.15) is 0 Å². The van der Waals surface area contributed by atoms with Gasteiger partial charge in [-0.15, -0.1) is 0 Å². The SMILES string of the molecule is CCOCC(C[NH])OCC. The Balaban J connectivity index is 3.21. The van der Waals surface area contributed by atoms with E-state index in [9.17, 15) is 0 Å². The molecule has 10 heavy (non-hydrogen) atoms. The number of rotatable bonds is 6. The Morgan fingerprint density at radius 3 is 2.40 bits per heavy atom. The molecule has 0 spiro atoms. The van der Waals surface area contributed by atoms with Gasteiger partial charge in [-0.1, -0.05) is 0 Å². The molecule has 0 aliphatic carbocycles. The van der Waals surface area contributed by atoms with Gasteiger partial charge < -0.3 is 9.47 Å². The largest absolute Gasteiger partial charge is 0.379 e. The summed E-state index contributed by atoms with van der Waals surface area (Å²) in [7, 11) is 0. The molecule has 1 N–H and O–H groups in total. The molecule has 0 aliphatic heterocycles. The van der Waals surface area contributed by atoms with E-state index in [1.54, 1.807) is 0 Å². The lowest BCUT2D eigenvalue weighted by molar-refractivity contribution is -0.00381. The van der Waals surface area contributed by atoms with Crippen molar-refractivity contribution >= 4 is 0 Å². The van der Waals surface area contributed by atoms with Crippen LogP contribution in [-0.2, 0) is 9.47 Å². The quantitative estimate of drug-likeness (QED) is 0.554. The third-order valence-electron chi connectivity index (χ3n) is 1.14. The summed E-state index contributed by atoms with van der Waals surface area (Å²) >= 11 is 0. The lowest BCUT2D eigenvalue weighted by Crippen LogP contribution is -2.24. The van der Waals surface area contributed by atoms with E-state index >= 15 is 0 Å². The Morgan fingerprint density at radius 1 is 1.30 bits per heavy atom. The van der Waals surface area contributed by atoms with Crippen molar-refractivity contribution in [2.75, 3.05) is 26.4 Å². The number of hydrogen-bond donors (Lipinski definition) is 0. The molecule has 1 unspecified atom stereocenters. The van der Waals surface area contributed by atoms with Crippen LogP contribution in [0.3, 0.4) is 0 Å². The highest BCUT2D eigenvalue weighted by atomic mass is 16.5. The smallest absolute Gasteiger partial charge is 0.0946 e. The molecular weight excluding hydrogens is 130 g/mol. The fourth-order valence-electron chi connectivity index (χ4n) is 0.651. The van der Waals surface area contributed by atoms with Crippen LogP contribution in [0.1, 0.15) is 13.8 Å². The van der Waals surface area contributed by atoms with Crippen molar-refractivity contribution in [1.29, 1.82) is 0 Å². The summed E-state index contributed by atoms with van der Waals surface area (Å²) in [6, 6.07) is 0. The molecule has 0 aromatic rings. The second-order valence-electron chi connectivity index (χ2n) is 1.94. The molecule has 3 nitrogen and oxygen atoms in total. The van der Waals surface area contributed by atoms with Crippen LogP contribution in [0.15, 0.2) is 0 Å². The average molecular weight is 146 g/mol. The minimum atomic E-state index is -0.0371. The van der Waals surface area contributed by atoms with E-state index in [4.69, 9.17) is 15.2 Å². The maximum Gasteiger partial charge on any atom is 0.0946 e. The van der Waals surface area contributed by atoms with Crippen LogP contribution in [0, 0.1) is 0 Å². The summed E-state index contributed by atoms with van der Waals surface area (Å²) in [5.74, 6) is 0. The monoisotopic (exact) mass is 146 g/mol. The third kappa shape index (κ3) is 4.73. The minimum absolute atomic E-state index is 0.0371. The molecule has 0 amide bonds. The summed E-state index contributed by atoms with van der Waals surface area (Å²) in [4.78, 5) is 0. The molecule has 0 rings (SSSR count). The minimum Gasteiger partial charge on any atom is -0.379 e. The summed E-state index contributed by atoms with van der Waals surface area (Å²) in [6.45, 7) is 6.06. The fourth-order valence-corrected chi connectivity index (χ4v) is 0.651. The highest BCUT2D eigenvalue weighted by molar-refractivity contribution is 4.54. The zero-order valence-electron chi connectivity index (χ0n) is 6.72. The fraction of sp³-hybridized carbons (Fsp3) is 1.00. The van der Waals surface area contributed by atoms with Gasteiger partial charge in [0, 0.05) is 19.8 Å². The van der Waals surface area contributed by atoms with Gasteiger partial charge in [0.15, 0.2) is 0 Å². The first kappa shape index (κ1) is 9.88. The molecule has 61 valence electrons. The Labute approximate surface area is 62.5 Å². The van der Waals surface area contributed by atoms with Gasteiger partial charge in [-0.3, -0.25) is 5.73 Å². The molecule has 1 radical (unpaired) electrons. The summed E-state index contributed by atoms with van der Waals surface area (Å²) in [5.41, 5.74) is 7.04. The summed E-state index contributed by atoms with van der Waals surface area (Å²) in [6.07, 6.45) is -0.0371. The first-order valence-corrected chi connectivity index (χ1v) is 3.69. The van der Waals surface area contributed by atoms with Crippen molar-refractivity contribution in [2.45, 2.75) is 20.0 Å². The lowest BCUT2D eigenvalue weighted by Gasteiger charge is -2.13. The van der Waals surface area contributed by atoms with Crippen LogP contribution in [0.4, 0.5) is 0 Å². The van der Waals surface area contributed by atoms with Crippen molar-refractivity contribution in [3.05, 3.63) is 0 Å². The predicted molar refractivity (Wildman–Crippen MR) is 39.9 cm³/mol. The zero-order chi connectivity index (χ0) is 7.82. The van der Waals surface area contributed by atoms with E-state index in [2.05, 4.69) is 0 Å². The molecule has 0 heterocycles. The van der Waals surface area contributed by atoms with Gasteiger partial charge in [-0.05, 0) is 13.8 Å². The van der Waals surface area contributed by atoms with Crippen molar-refractivity contribution < 1.29 is 9.47 Å². The number of nitrogens with one attached hydrogen (secondary N) is 1. The number of ether oxygens (including phenoxy) is 2. The van der Waals surface area contributed by atoms with Gasteiger partial charge in [0.05, 0.1) is 12.7 Å². The first-order chi connectivity index (χ1) is 4.85. The van der Waals surface area contributed by atoms with E-state index in [0.29, 0.717) is 19.8 Å². The molecule has 1 atom stereocenters. The van der Waals surface area contributed by atoms with E-state index in [1.165, 1.54) is 0 Å². The standard InChI is InChI=1S/C7H16NO2/c1-3-9-6-7(5-8)10-4-2/h7-8H,3-6H2,1-2H3. The molecule has 0 bridgehead atoms. The molecule has 0 fully saturated rings. The van der Waals surface area contributed by atoms with Crippen LogP contribution in [0.25, 0.3) is 0 Å². The highest BCUT2D eigenvalue weighted by Crippen LogP contribution is 1.90. The van der Waals surface area contributed by atoms with Crippen LogP contribution >= 0.6 is 0 Å². The summed E-state index contributed by atoms with van der Waals surface area (Å²) < 4.78 is 10.3. The predicted octanol–water partition coefficient (Wildman–Crippen LogP) is 0.711. The Morgan fingerprint density at radius 2 is 2.00 bits per heavy atom. The molecule has 0 aromatic carbocycles. The molecule has 0 saturated heterocycles. The van der Waals surface area contributed by atoms with Gasteiger partial charge in [0.2, 0.25) is 0 Å². The molecular formula is C7H16NO2. The maximum atomic E-state index is 7.04. The van der Waals surface area contributed by atoms with Crippen LogP contribution in [0.5, 0.6) is 0 Å². The molecule has 0 aromatic heterocycles. The van der Waals surface area contributed by atoms with Gasteiger partial charge in [-0.25, -0.2) is 0 Å². The Kier molecular flexibility index (Phi) is 6.91. The summed E-state index contributed by atoms with van der Waals surface area (Å²) in [5, 5.41) is 0. The molecule has 0 aliphatic rings. The van der Waals surface area contributed by atoms with Crippen molar-refractivity contribution in [2.24, 2.45) is 0 Å². The zero-order valence-corrected chi connectivity index (χ0v) is 6.72. The second kappa shape index (κ2) is 6.99. The Hall–Kier alpha value is -0.120. The van der Waals surface area contributed by atoms with Crippen molar-refractivity contribution in [1.82, 2.24) is 5.73 Å². The molecule has 3 heteroatoms. The Bertz CT molecular complexity index is 68.6. The normalized spacial score (nSPS) is 13.5. The van der Waals surface area contributed by atoms with Crippen molar-refractivity contribution in [3.63, 3.8) is 0 Å². The number of hydrogen-bond acceptors (Lipinski definition) is 2. The van der Waals surface area contributed by atoms with Gasteiger partial charge >= 0.3 is 0 Å². The maximum absolute atomic E-state index is 7.04. The van der Waals surface area contributed by atoms with E-state index in [1.807, 2.05) is 13.8 Å². The van der Waals surface area contributed by atoms with Crippen LogP contribution in [-0.4, -0.2) is 32.5 Å². The van der Waals surface area contributed by atoms with Gasteiger partial charge in [-0.2, -0.15) is 0 Å². The van der Waals surface area contributed by atoms with Crippen LogP contribution in [0.2, 0.25) is 0 Å². The topological polar surface area (TPSA) is 42.3 Å². The average Bonchev–Trinajstić information content (AvgIpc) is 1.98. The van der Waals surface area contributed by atoms with Gasteiger partial charge in [0.25, 0.3) is 0 Å². The lowest BCUT2D eigenvalue weighted by atomic mass is 10.4. The van der Waals surface area contributed by atoms with E-state index in [-0.39, 0.29) is 12.6 Å². The second-order valence-corrected chi connectivity index (χ2v) is 1.94. The van der Waals surface area contributed by atoms with Crippen molar-refractivity contribution in [3.8, 4) is 0 Å². The highest BCUT2D eigenvalue weighted by Gasteiger charge is 2.04. The van der Waals surface area contributed by atoms with E-state index in [0.717, 1.165) is 0 Å².